The molecular weight excluding hydrogens is 166 g/mol. The van der Waals surface area contributed by atoms with Gasteiger partial charge in [0, 0.05) is 6.54 Å². The van der Waals surface area contributed by atoms with Gasteiger partial charge in [-0.05, 0) is 26.2 Å². The molecule has 4 heteroatoms. The SMILES string of the molecule is CN(C)C(O)c1cccc(CN)n1. The number of aromatic nitrogens is 1. The highest BCUT2D eigenvalue weighted by atomic mass is 16.3. The number of hydrogen-bond acceptors (Lipinski definition) is 4. The normalized spacial score (nSPS) is 13.3. The number of hydrogen-bond donors (Lipinski definition) is 2. The Bertz CT molecular complexity index is 275. The summed E-state index contributed by atoms with van der Waals surface area (Å²) in [7, 11) is 3.59. The summed E-state index contributed by atoms with van der Waals surface area (Å²) in [5.74, 6) is 0. The maximum absolute atomic E-state index is 9.64. The standard InChI is InChI=1S/C9H15N3O/c1-12(2)9(13)8-5-3-4-7(6-10)11-8/h3-5,9,13H,6,10H2,1-2H3. The molecule has 0 aliphatic rings. The quantitative estimate of drug-likeness (QED) is 0.649. The zero-order chi connectivity index (χ0) is 9.84. The van der Waals surface area contributed by atoms with E-state index in [-0.39, 0.29) is 0 Å². The monoisotopic (exact) mass is 181 g/mol. The lowest BCUT2D eigenvalue weighted by Crippen LogP contribution is -2.20. The minimum atomic E-state index is -0.661. The van der Waals surface area contributed by atoms with E-state index >= 15 is 0 Å². The summed E-state index contributed by atoms with van der Waals surface area (Å²) in [6, 6.07) is 5.47. The van der Waals surface area contributed by atoms with Crippen molar-refractivity contribution < 1.29 is 5.11 Å². The van der Waals surface area contributed by atoms with Crippen molar-refractivity contribution in [3.8, 4) is 0 Å². The summed E-state index contributed by atoms with van der Waals surface area (Å²) in [5, 5.41) is 9.64. The van der Waals surface area contributed by atoms with E-state index < -0.39 is 6.23 Å². The van der Waals surface area contributed by atoms with Crippen LogP contribution in [0.4, 0.5) is 0 Å². The zero-order valence-electron chi connectivity index (χ0n) is 7.94. The molecule has 1 unspecified atom stereocenters. The topological polar surface area (TPSA) is 62.4 Å². The van der Waals surface area contributed by atoms with Crippen LogP contribution in [0.2, 0.25) is 0 Å². The van der Waals surface area contributed by atoms with E-state index in [0.29, 0.717) is 12.2 Å². The largest absolute Gasteiger partial charge is 0.372 e. The molecule has 0 aliphatic carbocycles. The molecule has 1 heterocycles. The Kier molecular flexibility index (Phi) is 3.36. The molecule has 4 nitrogen and oxygen atoms in total. The average molecular weight is 181 g/mol. The maximum atomic E-state index is 9.64. The van der Waals surface area contributed by atoms with E-state index in [1.807, 2.05) is 12.1 Å². The van der Waals surface area contributed by atoms with Gasteiger partial charge >= 0.3 is 0 Å². The van der Waals surface area contributed by atoms with Crippen molar-refractivity contribution in [1.29, 1.82) is 0 Å². The molecule has 0 radical (unpaired) electrons. The van der Waals surface area contributed by atoms with Crippen LogP contribution in [-0.2, 0) is 6.54 Å². The van der Waals surface area contributed by atoms with Gasteiger partial charge in [0.15, 0.2) is 0 Å². The van der Waals surface area contributed by atoms with Crippen LogP contribution in [0, 0.1) is 0 Å². The summed E-state index contributed by atoms with van der Waals surface area (Å²) in [4.78, 5) is 5.88. The molecular formula is C9H15N3O. The van der Waals surface area contributed by atoms with Gasteiger partial charge in [-0.2, -0.15) is 0 Å². The Balaban J connectivity index is 2.88. The summed E-state index contributed by atoms with van der Waals surface area (Å²) in [5.41, 5.74) is 6.86. The van der Waals surface area contributed by atoms with Gasteiger partial charge in [0.2, 0.25) is 0 Å². The Morgan fingerprint density at radius 2 is 2.23 bits per heavy atom. The first-order valence-electron chi connectivity index (χ1n) is 4.15. The Morgan fingerprint density at radius 3 is 2.77 bits per heavy atom. The van der Waals surface area contributed by atoms with E-state index in [9.17, 15) is 5.11 Å². The number of nitrogens with zero attached hydrogens (tertiary/aromatic N) is 2. The third kappa shape index (κ3) is 2.48. The second-order valence-electron chi connectivity index (χ2n) is 3.10. The van der Waals surface area contributed by atoms with Crippen molar-refractivity contribution in [2.24, 2.45) is 5.73 Å². The molecule has 1 aromatic rings. The molecule has 1 atom stereocenters. The molecule has 0 saturated heterocycles. The highest BCUT2D eigenvalue weighted by Crippen LogP contribution is 2.11. The second kappa shape index (κ2) is 4.32. The van der Waals surface area contributed by atoms with Gasteiger partial charge in [-0.3, -0.25) is 9.88 Å². The van der Waals surface area contributed by atoms with Crippen LogP contribution in [0.25, 0.3) is 0 Å². The first-order chi connectivity index (χ1) is 6.15. The molecule has 0 aliphatic heterocycles. The zero-order valence-corrected chi connectivity index (χ0v) is 7.94. The Labute approximate surface area is 78.0 Å². The second-order valence-corrected chi connectivity index (χ2v) is 3.10. The van der Waals surface area contributed by atoms with Gasteiger partial charge in [-0.1, -0.05) is 6.07 Å². The minimum Gasteiger partial charge on any atom is -0.372 e. The summed E-state index contributed by atoms with van der Waals surface area (Å²) in [6.45, 7) is 0.397. The van der Waals surface area contributed by atoms with Gasteiger partial charge in [0.05, 0.1) is 11.4 Å². The molecule has 1 aromatic heterocycles. The first-order valence-corrected chi connectivity index (χ1v) is 4.15. The molecule has 0 amide bonds. The van der Waals surface area contributed by atoms with Crippen molar-refractivity contribution in [2.75, 3.05) is 14.1 Å². The molecule has 1 rings (SSSR count). The molecule has 0 fully saturated rings. The Hall–Kier alpha value is -0.970. The maximum Gasteiger partial charge on any atom is 0.150 e. The summed E-state index contributed by atoms with van der Waals surface area (Å²) >= 11 is 0. The van der Waals surface area contributed by atoms with Crippen molar-refractivity contribution >= 4 is 0 Å². The number of rotatable bonds is 3. The molecule has 0 bridgehead atoms. The Morgan fingerprint density at radius 1 is 1.54 bits per heavy atom. The summed E-state index contributed by atoms with van der Waals surface area (Å²) in [6.07, 6.45) is -0.661. The molecule has 0 saturated carbocycles. The lowest BCUT2D eigenvalue weighted by atomic mass is 10.2. The van der Waals surface area contributed by atoms with Crippen LogP contribution in [0.1, 0.15) is 17.6 Å². The van der Waals surface area contributed by atoms with Gasteiger partial charge in [-0.15, -0.1) is 0 Å². The smallest absolute Gasteiger partial charge is 0.150 e. The van der Waals surface area contributed by atoms with Crippen LogP contribution >= 0.6 is 0 Å². The van der Waals surface area contributed by atoms with E-state index in [1.165, 1.54) is 0 Å². The van der Waals surface area contributed by atoms with Gasteiger partial charge < -0.3 is 10.8 Å². The molecule has 0 spiro atoms. The van der Waals surface area contributed by atoms with Crippen LogP contribution < -0.4 is 5.73 Å². The van der Waals surface area contributed by atoms with Crippen molar-refractivity contribution in [1.82, 2.24) is 9.88 Å². The lowest BCUT2D eigenvalue weighted by molar-refractivity contribution is 0.0356. The van der Waals surface area contributed by atoms with Crippen molar-refractivity contribution in [3.63, 3.8) is 0 Å². The predicted molar refractivity (Wildman–Crippen MR) is 50.8 cm³/mol. The molecule has 13 heavy (non-hydrogen) atoms. The van der Waals surface area contributed by atoms with Crippen LogP contribution in [0.15, 0.2) is 18.2 Å². The third-order valence-corrected chi connectivity index (χ3v) is 1.79. The van der Waals surface area contributed by atoms with Gasteiger partial charge in [-0.25, -0.2) is 0 Å². The number of aliphatic hydroxyl groups excluding tert-OH is 1. The minimum absolute atomic E-state index is 0.397. The van der Waals surface area contributed by atoms with E-state index in [2.05, 4.69) is 4.98 Å². The molecule has 72 valence electrons. The molecule has 3 N–H and O–H groups in total. The fourth-order valence-electron chi connectivity index (χ4n) is 1.02. The van der Waals surface area contributed by atoms with E-state index in [0.717, 1.165) is 5.69 Å². The third-order valence-electron chi connectivity index (χ3n) is 1.79. The fraction of sp³-hybridized carbons (Fsp3) is 0.444. The predicted octanol–water partition coefficient (Wildman–Crippen LogP) is 0.0928. The van der Waals surface area contributed by atoms with E-state index in [4.69, 9.17) is 5.73 Å². The highest BCUT2D eigenvalue weighted by Gasteiger charge is 2.10. The summed E-state index contributed by atoms with van der Waals surface area (Å²) < 4.78 is 0. The van der Waals surface area contributed by atoms with Crippen molar-refractivity contribution in [2.45, 2.75) is 12.8 Å². The van der Waals surface area contributed by atoms with Gasteiger partial charge in [0.1, 0.15) is 6.23 Å². The highest BCUT2D eigenvalue weighted by molar-refractivity contribution is 5.12. The van der Waals surface area contributed by atoms with Crippen molar-refractivity contribution in [3.05, 3.63) is 29.6 Å². The lowest BCUT2D eigenvalue weighted by Gasteiger charge is -2.17. The number of aliphatic hydroxyl groups is 1. The first kappa shape index (κ1) is 10.1. The van der Waals surface area contributed by atoms with Crippen LogP contribution in [-0.4, -0.2) is 29.1 Å². The van der Waals surface area contributed by atoms with Crippen LogP contribution in [0.5, 0.6) is 0 Å². The fourth-order valence-corrected chi connectivity index (χ4v) is 1.02. The average Bonchev–Trinajstić information content (AvgIpc) is 2.16. The number of nitrogens with two attached hydrogens (primary N) is 1. The van der Waals surface area contributed by atoms with Gasteiger partial charge in [0.25, 0.3) is 0 Å². The number of pyridine rings is 1. The van der Waals surface area contributed by atoms with Crippen LogP contribution in [0.3, 0.4) is 0 Å². The van der Waals surface area contributed by atoms with E-state index in [1.54, 1.807) is 25.1 Å². The molecule has 0 aromatic carbocycles.